The molecule has 0 saturated carbocycles. The van der Waals surface area contributed by atoms with Gasteiger partial charge in [-0.1, -0.05) is 23.7 Å². The molecule has 1 heterocycles. The number of amides is 2. The molecule has 1 atom stereocenters. The number of carbonyl (C=O) groups is 2. The van der Waals surface area contributed by atoms with E-state index in [0.717, 1.165) is 0 Å². The van der Waals surface area contributed by atoms with E-state index in [4.69, 9.17) is 21.1 Å². The molecular formula is C19H19ClN2O4. The van der Waals surface area contributed by atoms with Crippen molar-refractivity contribution in [2.24, 2.45) is 0 Å². The van der Waals surface area contributed by atoms with Gasteiger partial charge in [-0.05, 0) is 37.3 Å². The van der Waals surface area contributed by atoms with E-state index >= 15 is 0 Å². The molecule has 136 valence electrons. The van der Waals surface area contributed by atoms with Crippen molar-refractivity contribution in [1.29, 1.82) is 0 Å². The van der Waals surface area contributed by atoms with Crippen LogP contribution in [0.4, 0.5) is 11.4 Å². The molecule has 0 saturated heterocycles. The Morgan fingerprint density at radius 3 is 2.85 bits per heavy atom. The second kappa shape index (κ2) is 7.66. The van der Waals surface area contributed by atoms with Gasteiger partial charge in [-0.25, -0.2) is 0 Å². The number of carbonyl (C=O) groups excluding carboxylic acids is 2. The number of halogens is 1. The molecule has 0 aliphatic carbocycles. The van der Waals surface area contributed by atoms with Crippen molar-refractivity contribution in [3.05, 3.63) is 47.5 Å². The molecule has 0 fully saturated rings. The molecule has 1 N–H and O–H groups in total. The summed E-state index contributed by atoms with van der Waals surface area (Å²) in [4.78, 5) is 26.4. The standard InChI is InChI=1S/C19H19ClN2O4/c1-12-19(24)22(15-5-3-4-6-17(15)26-12)10-9-18(23)21-14-11-13(20)7-8-16(14)25-2/h3-8,11-12H,9-10H2,1-2H3,(H,21,23)/t12-/m1/s1. The number of fused-ring (bicyclic) bond motifs is 1. The molecule has 2 aromatic carbocycles. The van der Waals surface area contributed by atoms with Gasteiger partial charge in [-0.3, -0.25) is 9.59 Å². The van der Waals surface area contributed by atoms with E-state index < -0.39 is 6.10 Å². The number of hydrogen-bond donors (Lipinski definition) is 1. The zero-order chi connectivity index (χ0) is 18.7. The van der Waals surface area contributed by atoms with Crippen LogP contribution in [0.5, 0.6) is 11.5 Å². The highest BCUT2D eigenvalue weighted by Gasteiger charge is 2.31. The Labute approximate surface area is 156 Å². The molecule has 7 heteroatoms. The summed E-state index contributed by atoms with van der Waals surface area (Å²) < 4.78 is 10.8. The lowest BCUT2D eigenvalue weighted by atomic mass is 10.1. The Bertz CT molecular complexity index is 840. The van der Waals surface area contributed by atoms with E-state index in [-0.39, 0.29) is 24.8 Å². The fraction of sp³-hybridized carbons (Fsp3) is 0.263. The van der Waals surface area contributed by atoms with Crippen LogP contribution in [0.3, 0.4) is 0 Å². The maximum atomic E-state index is 12.4. The summed E-state index contributed by atoms with van der Waals surface area (Å²) in [6.45, 7) is 1.94. The summed E-state index contributed by atoms with van der Waals surface area (Å²) in [6.07, 6.45) is -0.455. The van der Waals surface area contributed by atoms with Crippen molar-refractivity contribution in [2.45, 2.75) is 19.4 Å². The summed E-state index contributed by atoms with van der Waals surface area (Å²) in [7, 11) is 1.52. The highest BCUT2D eigenvalue weighted by atomic mass is 35.5. The molecule has 0 unspecified atom stereocenters. The van der Waals surface area contributed by atoms with Gasteiger partial charge in [0, 0.05) is 18.0 Å². The van der Waals surface area contributed by atoms with Crippen molar-refractivity contribution in [1.82, 2.24) is 0 Å². The highest BCUT2D eigenvalue weighted by molar-refractivity contribution is 6.31. The number of para-hydroxylation sites is 2. The maximum Gasteiger partial charge on any atom is 0.267 e. The second-order valence-corrected chi connectivity index (χ2v) is 6.30. The van der Waals surface area contributed by atoms with Gasteiger partial charge in [-0.15, -0.1) is 0 Å². The van der Waals surface area contributed by atoms with Crippen molar-refractivity contribution >= 4 is 34.8 Å². The molecule has 0 bridgehead atoms. The Hall–Kier alpha value is -2.73. The van der Waals surface area contributed by atoms with Crippen molar-refractivity contribution in [3.63, 3.8) is 0 Å². The smallest absolute Gasteiger partial charge is 0.267 e. The summed E-state index contributed by atoms with van der Waals surface area (Å²) in [5, 5.41) is 3.27. The van der Waals surface area contributed by atoms with Gasteiger partial charge in [0.2, 0.25) is 5.91 Å². The molecule has 1 aliphatic heterocycles. The number of benzene rings is 2. The minimum atomic E-state index is -0.582. The zero-order valence-corrected chi connectivity index (χ0v) is 15.2. The number of nitrogens with one attached hydrogen (secondary N) is 1. The summed E-state index contributed by atoms with van der Waals surface area (Å²) in [5.74, 6) is 0.743. The molecule has 0 radical (unpaired) electrons. The van der Waals surface area contributed by atoms with Crippen LogP contribution in [0.2, 0.25) is 5.02 Å². The average Bonchev–Trinajstić information content (AvgIpc) is 2.62. The minimum Gasteiger partial charge on any atom is -0.495 e. The fourth-order valence-corrected chi connectivity index (χ4v) is 2.97. The van der Waals surface area contributed by atoms with E-state index in [1.165, 1.54) is 7.11 Å². The largest absolute Gasteiger partial charge is 0.495 e. The normalized spacial score (nSPS) is 15.9. The molecule has 2 amide bonds. The lowest BCUT2D eigenvalue weighted by Gasteiger charge is -2.32. The van der Waals surface area contributed by atoms with E-state index in [1.54, 1.807) is 36.1 Å². The third-order valence-electron chi connectivity index (χ3n) is 4.07. The summed E-state index contributed by atoms with van der Waals surface area (Å²) in [6, 6.07) is 12.3. The van der Waals surface area contributed by atoms with Crippen LogP contribution < -0.4 is 19.7 Å². The van der Waals surface area contributed by atoms with E-state index in [1.807, 2.05) is 18.2 Å². The van der Waals surface area contributed by atoms with Gasteiger partial charge in [0.15, 0.2) is 6.10 Å². The van der Waals surface area contributed by atoms with Gasteiger partial charge in [0.1, 0.15) is 11.5 Å². The predicted molar refractivity (Wildman–Crippen MR) is 100 cm³/mol. The molecule has 0 aromatic heterocycles. The van der Waals surface area contributed by atoms with E-state index in [2.05, 4.69) is 5.32 Å². The molecular weight excluding hydrogens is 356 g/mol. The minimum absolute atomic E-state index is 0.127. The summed E-state index contributed by atoms with van der Waals surface area (Å²) in [5.41, 5.74) is 1.16. The fourth-order valence-electron chi connectivity index (χ4n) is 2.79. The first-order valence-electron chi connectivity index (χ1n) is 8.20. The number of hydrogen-bond acceptors (Lipinski definition) is 4. The number of ether oxygens (including phenoxy) is 2. The number of methoxy groups -OCH3 is 1. The van der Waals surface area contributed by atoms with Crippen LogP contribution in [-0.4, -0.2) is 31.6 Å². The number of anilines is 2. The SMILES string of the molecule is COc1ccc(Cl)cc1NC(=O)CCN1C(=O)[C@@H](C)Oc2ccccc21. The first-order chi connectivity index (χ1) is 12.5. The molecule has 0 spiro atoms. The van der Waals surface area contributed by atoms with Crippen LogP contribution in [-0.2, 0) is 9.59 Å². The van der Waals surface area contributed by atoms with E-state index in [0.29, 0.717) is 27.9 Å². The monoisotopic (exact) mass is 374 g/mol. The van der Waals surface area contributed by atoms with Crippen LogP contribution in [0.1, 0.15) is 13.3 Å². The van der Waals surface area contributed by atoms with Crippen LogP contribution >= 0.6 is 11.6 Å². The van der Waals surface area contributed by atoms with Gasteiger partial charge in [-0.2, -0.15) is 0 Å². The predicted octanol–water partition coefficient (Wildman–Crippen LogP) is 3.49. The number of nitrogens with zero attached hydrogens (tertiary/aromatic N) is 1. The van der Waals surface area contributed by atoms with Gasteiger partial charge in [0.25, 0.3) is 5.91 Å². The Kier molecular flexibility index (Phi) is 5.32. The first-order valence-corrected chi connectivity index (χ1v) is 8.58. The van der Waals surface area contributed by atoms with Crippen LogP contribution in [0, 0.1) is 0 Å². The molecule has 26 heavy (non-hydrogen) atoms. The van der Waals surface area contributed by atoms with Gasteiger partial charge in [0.05, 0.1) is 18.5 Å². The Balaban J connectivity index is 1.70. The van der Waals surface area contributed by atoms with Gasteiger partial charge < -0.3 is 19.7 Å². The average molecular weight is 375 g/mol. The molecule has 3 rings (SSSR count). The zero-order valence-electron chi connectivity index (χ0n) is 14.5. The van der Waals surface area contributed by atoms with Crippen molar-refractivity contribution in [3.8, 4) is 11.5 Å². The van der Waals surface area contributed by atoms with Crippen LogP contribution in [0.25, 0.3) is 0 Å². The molecule has 1 aliphatic rings. The van der Waals surface area contributed by atoms with Crippen molar-refractivity contribution < 1.29 is 19.1 Å². The quantitative estimate of drug-likeness (QED) is 0.869. The lowest BCUT2D eigenvalue weighted by Crippen LogP contribution is -2.45. The highest BCUT2D eigenvalue weighted by Crippen LogP contribution is 2.34. The second-order valence-electron chi connectivity index (χ2n) is 5.86. The third-order valence-corrected chi connectivity index (χ3v) is 4.31. The Morgan fingerprint density at radius 1 is 1.31 bits per heavy atom. The lowest BCUT2D eigenvalue weighted by molar-refractivity contribution is -0.125. The van der Waals surface area contributed by atoms with Gasteiger partial charge >= 0.3 is 0 Å². The van der Waals surface area contributed by atoms with Crippen molar-refractivity contribution in [2.75, 3.05) is 23.9 Å². The molecule has 6 nitrogen and oxygen atoms in total. The van der Waals surface area contributed by atoms with E-state index in [9.17, 15) is 9.59 Å². The topological polar surface area (TPSA) is 67.9 Å². The third kappa shape index (κ3) is 3.75. The molecule has 2 aromatic rings. The summed E-state index contributed by atoms with van der Waals surface area (Å²) >= 11 is 5.97. The number of rotatable bonds is 5. The van der Waals surface area contributed by atoms with Crippen LogP contribution in [0.15, 0.2) is 42.5 Å². The Morgan fingerprint density at radius 2 is 2.08 bits per heavy atom. The first kappa shape index (κ1) is 18.1. The maximum absolute atomic E-state index is 12.4.